The van der Waals surface area contributed by atoms with E-state index < -0.39 is 15.8 Å². The second-order valence-electron chi connectivity index (χ2n) is 4.72. The van der Waals surface area contributed by atoms with Gasteiger partial charge in [0.25, 0.3) is 10.0 Å². The first-order chi connectivity index (χ1) is 9.69. The smallest absolute Gasteiger partial charge is 0.261 e. The molecule has 0 amide bonds. The highest BCUT2D eigenvalue weighted by atomic mass is 35.5. The maximum absolute atomic E-state index is 13.2. The second kappa shape index (κ2) is 5.54. The van der Waals surface area contributed by atoms with Gasteiger partial charge in [0.15, 0.2) is 0 Å². The summed E-state index contributed by atoms with van der Waals surface area (Å²) in [7, 11) is -3.86. The van der Waals surface area contributed by atoms with Crippen molar-refractivity contribution in [3.05, 3.63) is 52.3 Å². The molecule has 0 spiro atoms. The van der Waals surface area contributed by atoms with Gasteiger partial charge < -0.3 is 5.73 Å². The van der Waals surface area contributed by atoms with E-state index in [2.05, 4.69) is 4.72 Å². The predicted molar refractivity (Wildman–Crippen MR) is 82.5 cm³/mol. The van der Waals surface area contributed by atoms with E-state index in [4.69, 9.17) is 17.3 Å². The molecule has 0 unspecified atom stereocenters. The number of nitrogens with two attached hydrogens (primary N) is 1. The van der Waals surface area contributed by atoms with Crippen molar-refractivity contribution < 1.29 is 12.8 Å². The highest BCUT2D eigenvalue weighted by Gasteiger charge is 2.17. The number of nitrogens with one attached hydrogen (secondary N) is 1. The van der Waals surface area contributed by atoms with Gasteiger partial charge in [-0.25, -0.2) is 12.8 Å². The molecule has 0 aliphatic rings. The Hall–Kier alpha value is -1.79. The van der Waals surface area contributed by atoms with Crippen molar-refractivity contribution in [2.24, 2.45) is 0 Å². The van der Waals surface area contributed by atoms with Gasteiger partial charge in [0, 0.05) is 10.7 Å². The third-order valence-electron chi connectivity index (χ3n) is 3.11. The van der Waals surface area contributed by atoms with Crippen LogP contribution in [0.4, 0.5) is 15.8 Å². The minimum atomic E-state index is -3.86. The fourth-order valence-electron chi connectivity index (χ4n) is 1.83. The Bertz CT molecular complexity index is 763. The van der Waals surface area contributed by atoms with Crippen LogP contribution < -0.4 is 10.5 Å². The number of nitrogen functional groups attached to an aromatic ring is 1. The van der Waals surface area contributed by atoms with Crippen molar-refractivity contribution in [1.29, 1.82) is 0 Å². The number of hydrogen-bond donors (Lipinski definition) is 2. The number of sulfonamides is 1. The summed E-state index contributed by atoms with van der Waals surface area (Å²) in [6.45, 7) is 3.57. The van der Waals surface area contributed by atoms with Gasteiger partial charge in [-0.05, 0) is 55.3 Å². The molecule has 0 aliphatic heterocycles. The van der Waals surface area contributed by atoms with Crippen LogP contribution in [-0.4, -0.2) is 8.42 Å². The summed E-state index contributed by atoms with van der Waals surface area (Å²) in [6.07, 6.45) is 0. The van der Waals surface area contributed by atoms with Crippen molar-refractivity contribution in [3.8, 4) is 0 Å². The lowest BCUT2D eigenvalue weighted by atomic mass is 10.1. The van der Waals surface area contributed by atoms with E-state index in [9.17, 15) is 12.8 Å². The molecule has 0 fully saturated rings. The van der Waals surface area contributed by atoms with Crippen molar-refractivity contribution in [3.63, 3.8) is 0 Å². The summed E-state index contributed by atoms with van der Waals surface area (Å²) in [4.78, 5) is 0.0171. The molecule has 4 nitrogen and oxygen atoms in total. The van der Waals surface area contributed by atoms with Crippen molar-refractivity contribution >= 4 is 33.0 Å². The summed E-state index contributed by atoms with van der Waals surface area (Å²) in [6, 6.07) is 6.34. The third kappa shape index (κ3) is 3.46. The molecule has 0 atom stereocenters. The van der Waals surface area contributed by atoms with Crippen LogP contribution in [-0.2, 0) is 10.0 Å². The lowest BCUT2D eigenvalue weighted by molar-refractivity contribution is 0.601. The van der Waals surface area contributed by atoms with Gasteiger partial charge >= 0.3 is 0 Å². The molecule has 3 N–H and O–H groups in total. The molecule has 0 heterocycles. The van der Waals surface area contributed by atoms with Crippen LogP contribution >= 0.6 is 11.6 Å². The Kier molecular flexibility index (Phi) is 4.11. The molecule has 0 bridgehead atoms. The number of benzene rings is 2. The zero-order valence-electron chi connectivity index (χ0n) is 11.4. The molecule has 0 radical (unpaired) electrons. The van der Waals surface area contributed by atoms with Crippen molar-refractivity contribution in [1.82, 2.24) is 0 Å². The zero-order valence-corrected chi connectivity index (χ0v) is 13.0. The van der Waals surface area contributed by atoms with Gasteiger partial charge in [-0.15, -0.1) is 0 Å². The van der Waals surface area contributed by atoms with Gasteiger partial charge in [0.05, 0.1) is 10.6 Å². The largest absolute Gasteiger partial charge is 0.398 e. The van der Waals surface area contributed by atoms with Crippen LogP contribution in [0.2, 0.25) is 5.02 Å². The molecule has 21 heavy (non-hydrogen) atoms. The Morgan fingerprint density at radius 3 is 2.38 bits per heavy atom. The van der Waals surface area contributed by atoms with Crippen LogP contribution in [0, 0.1) is 19.7 Å². The summed E-state index contributed by atoms with van der Waals surface area (Å²) >= 11 is 5.70. The van der Waals surface area contributed by atoms with E-state index >= 15 is 0 Å². The molecule has 2 aromatic carbocycles. The molecule has 2 rings (SSSR count). The van der Waals surface area contributed by atoms with Crippen LogP contribution in [0.3, 0.4) is 0 Å². The molecule has 0 aromatic heterocycles. The summed E-state index contributed by atoms with van der Waals surface area (Å²) in [5.74, 6) is -0.625. The summed E-state index contributed by atoms with van der Waals surface area (Å²) < 4.78 is 40.1. The fraction of sp³-hybridized carbons (Fsp3) is 0.143. The normalized spacial score (nSPS) is 11.4. The number of hydrogen-bond acceptors (Lipinski definition) is 3. The lowest BCUT2D eigenvalue weighted by Gasteiger charge is -2.12. The van der Waals surface area contributed by atoms with Gasteiger partial charge in [0.1, 0.15) is 5.82 Å². The Morgan fingerprint density at radius 2 is 1.81 bits per heavy atom. The van der Waals surface area contributed by atoms with Crippen molar-refractivity contribution in [2.75, 3.05) is 10.5 Å². The molecule has 2 aromatic rings. The number of anilines is 2. The second-order valence-corrected chi connectivity index (χ2v) is 6.84. The summed E-state index contributed by atoms with van der Waals surface area (Å²) in [5.41, 5.74) is 7.80. The quantitative estimate of drug-likeness (QED) is 0.847. The van der Waals surface area contributed by atoms with Gasteiger partial charge in [-0.2, -0.15) is 0 Å². The van der Waals surface area contributed by atoms with E-state index in [0.29, 0.717) is 5.69 Å². The topological polar surface area (TPSA) is 72.2 Å². The lowest BCUT2D eigenvalue weighted by Crippen LogP contribution is -2.14. The van der Waals surface area contributed by atoms with Gasteiger partial charge in [-0.1, -0.05) is 11.6 Å². The molecule has 0 saturated heterocycles. The maximum Gasteiger partial charge on any atom is 0.261 e. The first-order valence-corrected chi connectivity index (χ1v) is 7.91. The molecule has 0 aliphatic carbocycles. The number of rotatable bonds is 3. The van der Waals surface area contributed by atoms with Crippen molar-refractivity contribution in [2.45, 2.75) is 18.7 Å². The van der Waals surface area contributed by atoms with E-state index in [0.717, 1.165) is 23.3 Å². The molecular formula is C14H14ClFN2O2S. The predicted octanol–water partition coefficient (Wildman–Crippen LogP) is 3.48. The Balaban J connectivity index is 2.43. The molecule has 7 heteroatoms. The zero-order chi connectivity index (χ0) is 15.8. The van der Waals surface area contributed by atoms with E-state index in [1.165, 1.54) is 18.2 Å². The van der Waals surface area contributed by atoms with Gasteiger partial charge in [-0.3, -0.25) is 4.72 Å². The minimum Gasteiger partial charge on any atom is -0.398 e. The first kappa shape index (κ1) is 15.6. The molecule has 0 saturated carbocycles. The Morgan fingerprint density at radius 1 is 1.14 bits per heavy atom. The number of aryl methyl sites for hydroxylation is 1. The van der Waals surface area contributed by atoms with E-state index in [1.807, 2.05) is 0 Å². The van der Waals surface area contributed by atoms with E-state index in [1.54, 1.807) is 13.8 Å². The van der Waals surface area contributed by atoms with Crippen LogP contribution in [0.25, 0.3) is 0 Å². The van der Waals surface area contributed by atoms with Gasteiger partial charge in [0.2, 0.25) is 0 Å². The maximum atomic E-state index is 13.2. The first-order valence-electron chi connectivity index (χ1n) is 6.04. The monoisotopic (exact) mass is 328 g/mol. The number of halogens is 2. The summed E-state index contributed by atoms with van der Waals surface area (Å²) in [5, 5.41) is 0.104. The molecular weight excluding hydrogens is 315 g/mol. The van der Waals surface area contributed by atoms with E-state index in [-0.39, 0.29) is 15.6 Å². The molecule has 112 valence electrons. The third-order valence-corrected chi connectivity index (χ3v) is 4.69. The van der Waals surface area contributed by atoms with Crippen LogP contribution in [0.1, 0.15) is 11.1 Å². The SMILES string of the molecule is Cc1cc(S(=O)(=O)Nc2cc(F)cc(Cl)c2)cc(N)c1C. The minimum absolute atomic E-state index is 0.0171. The van der Waals surface area contributed by atoms with Crippen LogP contribution in [0.15, 0.2) is 35.2 Å². The average Bonchev–Trinajstić information content (AvgIpc) is 2.33. The Labute approximate surface area is 127 Å². The van der Waals surface area contributed by atoms with Crippen LogP contribution in [0.5, 0.6) is 0 Å². The average molecular weight is 329 g/mol. The highest BCUT2D eigenvalue weighted by molar-refractivity contribution is 7.92. The fourth-order valence-corrected chi connectivity index (χ4v) is 3.22. The standard InChI is InChI=1S/C14H14ClFN2O2S/c1-8-3-13(7-14(17)9(8)2)21(19,20)18-12-5-10(15)4-11(16)6-12/h3-7,18H,17H2,1-2H3. The highest BCUT2D eigenvalue weighted by Crippen LogP contribution is 2.25.